The zero-order valence-corrected chi connectivity index (χ0v) is 18.8. The third-order valence-electron chi connectivity index (χ3n) is 5.84. The molecule has 2 N–H and O–H groups in total. The predicted octanol–water partition coefficient (Wildman–Crippen LogP) is 4.46. The van der Waals surface area contributed by atoms with Gasteiger partial charge in [0.2, 0.25) is 0 Å². The van der Waals surface area contributed by atoms with Crippen LogP contribution in [0.5, 0.6) is 11.5 Å². The molecule has 1 aliphatic rings. The summed E-state index contributed by atoms with van der Waals surface area (Å²) in [4.78, 5) is 40.2. The van der Waals surface area contributed by atoms with E-state index in [1.54, 1.807) is 80.6 Å². The Labute approximate surface area is 196 Å². The number of nitrogens with two attached hydrogens (primary N) is 1. The second-order valence-electron chi connectivity index (χ2n) is 8.52. The van der Waals surface area contributed by atoms with Crippen LogP contribution >= 0.6 is 0 Å². The summed E-state index contributed by atoms with van der Waals surface area (Å²) in [6.45, 7) is 3.40. The van der Waals surface area contributed by atoms with Gasteiger partial charge in [-0.3, -0.25) is 14.5 Å². The van der Waals surface area contributed by atoms with Crippen molar-refractivity contribution >= 4 is 17.8 Å². The number of primary amides is 1. The number of ether oxygens (including phenoxy) is 1. The number of hydrogen-bond acceptors (Lipinski definition) is 4. The first kappa shape index (κ1) is 23.0. The monoisotopic (exact) mass is 461 g/mol. The Bertz CT molecular complexity index is 1260. The van der Waals surface area contributed by atoms with Crippen molar-refractivity contribution in [1.82, 2.24) is 9.80 Å². The SMILES string of the molecule is CC1(C)C(=O)N(Cc2ccccc2F)C(=O)N1Cc1ccc(Oc2ccccc2C(N)=O)cc1. The van der Waals surface area contributed by atoms with Crippen LogP contribution in [0.4, 0.5) is 9.18 Å². The lowest BCUT2D eigenvalue weighted by Gasteiger charge is -2.27. The molecule has 0 bridgehead atoms. The van der Waals surface area contributed by atoms with Gasteiger partial charge in [-0.1, -0.05) is 42.5 Å². The van der Waals surface area contributed by atoms with E-state index in [-0.39, 0.29) is 30.1 Å². The van der Waals surface area contributed by atoms with Crippen molar-refractivity contribution in [3.8, 4) is 11.5 Å². The van der Waals surface area contributed by atoms with E-state index in [9.17, 15) is 18.8 Å². The molecule has 34 heavy (non-hydrogen) atoms. The van der Waals surface area contributed by atoms with Crippen LogP contribution in [0.25, 0.3) is 0 Å². The molecule has 174 valence electrons. The lowest BCUT2D eigenvalue weighted by atomic mass is 10.0. The zero-order chi connectivity index (χ0) is 24.5. The van der Waals surface area contributed by atoms with Gasteiger partial charge in [0.05, 0.1) is 12.1 Å². The van der Waals surface area contributed by atoms with Crippen LogP contribution in [0, 0.1) is 5.82 Å². The quantitative estimate of drug-likeness (QED) is 0.526. The molecule has 0 radical (unpaired) electrons. The number of carbonyl (C=O) groups excluding carboxylic acids is 3. The van der Waals surface area contributed by atoms with Crippen molar-refractivity contribution in [3.63, 3.8) is 0 Å². The molecule has 7 nitrogen and oxygen atoms in total. The van der Waals surface area contributed by atoms with Crippen LogP contribution in [0.15, 0.2) is 72.8 Å². The third kappa shape index (κ3) is 4.34. The van der Waals surface area contributed by atoms with Gasteiger partial charge in [0, 0.05) is 12.1 Å². The van der Waals surface area contributed by atoms with Crippen molar-refractivity contribution in [2.45, 2.75) is 32.5 Å². The Morgan fingerprint density at radius 1 is 0.941 bits per heavy atom. The number of imide groups is 1. The number of amides is 4. The van der Waals surface area contributed by atoms with Crippen molar-refractivity contribution in [1.29, 1.82) is 0 Å². The minimum absolute atomic E-state index is 0.129. The second-order valence-corrected chi connectivity index (χ2v) is 8.52. The number of halogens is 1. The Morgan fingerprint density at radius 3 is 2.26 bits per heavy atom. The molecule has 0 spiro atoms. The van der Waals surface area contributed by atoms with Gasteiger partial charge in [-0.05, 0) is 49.7 Å². The fourth-order valence-electron chi connectivity index (χ4n) is 3.85. The van der Waals surface area contributed by atoms with Crippen molar-refractivity contribution in [3.05, 3.63) is 95.3 Å². The Morgan fingerprint density at radius 2 is 1.59 bits per heavy atom. The van der Waals surface area contributed by atoms with E-state index >= 15 is 0 Å². The minimum Gasteiger partial charge on any atom is -0.457 e. The van der Waals surface area contributed by atoms with Crippen LogP contribution in [-0.4, -0.2) is 33.2 Å². The number of hydrogen-bond donors (Lipinski definition) is 1. The molecule has 0 aliphatic carbocycles. The molecule has 0 aromatic heterocycles. The topological polar surface area (TPSA) is 92.9 Å². The largest absolute Gasteiger partial charge is 0.457 e. The highest BCUT2D eigenvalue weighted by Gasteiger charge is 2.51. The Hall–Kier alpha value is -4.20. The summed E-state index contributed by atoms with van der Waals surface area (Å²) in [5, 5.41) is 0. The van der Waals surface area contributed by atoms with Crippen LogP contribution in [0.2, 0.25) is 0 Å². The molecule has 1 fully saturated rings. The van der Waals surface area contributed by atoms with Crippen molar-refractivity contribution in [2.75, 3.05) is 0 Å². The van der Waals surface area contributed by atoms with Crippen molar-refractivity contribution in [2.24, 2.45) is 5.73 Å². The summed E-state index contributed by atoms with van der Waals surface area (Å²) in [7, 11) is 0. The first-order valence-electron chi connectivity index (χ1n) is 10.7. The number of para-hydroxylation sites is 1. The van der Waals surface area contributed by atoms with E-state index in [4.69, 9.17) is 10.5 Å². The molecule has 3 aromatic carbocycles. The lowest BCUT2D eigenvalue weighted by Crippen LogP contribution is -2.43. The van der Waals surface area contributed by atoms with E-state index < -0.39 is 23.3 Å². The molecule has 0 atom stereocenters. The van der Waals surface area contributed by atoms with E-state index in [1.165, 1.54) is 11.0 Å². The number of urea groups is 1. The number of rotatable bonds is 7. The molecule has 4 amide bonds. The number of nitrogens with zero attached hydrogens (tertiary/aromatic N) is 2. The van der Waals surface area contributed by atoms with E-state index in [0.29, 0.717) is 11.5 Å². The molecular formula is C26H24FN3O4. The van der Waals surface area contributed by atoms with E-state index in [2.05, 4.69) is 0 Å². The molecule has 0 saturated carbocycles. The normalized spacial score (nSPS) is 15.0. The number of carbonyl (C=O) groups is 3. The molecule has 1 heterocycles. The summed E-state index contributed by atoms with van der Waals surface area (Å²) in [6, 6.07) is 19.2. The van der Waals surface area contributed by atoms with Gasteiger partial charge in [-0.2, -0.15) is 0 Å². The Balaban J connectivity index is 1.50. The maximum atomic E-state index is 14.1. The summed E-state index contributed by atoms with van der Waals surface area (Å²) in [6.07, 6.45) is 0. The molecule has 8 heteroatoms. The molecule has 4 rings (SSSR count). The average molecular weight is 461 g/mol. The molecule has 3 aromatic rings. The molecular weight excluding hydrogens is 437 g/mol. The van der Waals surface area contributed by atoms with E-state index in [0.717, 1.165) is 10.5 Å². The predicted molar refractivity (Wildman–Crippen MR) is 123 cm³/mol. The van der Waals surface area contributed by atoms with Crippen LogP contribution in [-0.2, 0) is 17.9 Å². The fraction of sp³-hybridized carbons (Fsp3) is 0.192. The average Bonchev–Trinajstić information content (AvgIpc) is 2.96. The van der Waals surface area contributed by atoms with Gasteiger partial charge < -0.3 is 15.4 Å². The zero-order valence-electron chi connectivity index (χ0n) is 18.8. The highest BCUT2D eigenvalue weighted by atomic mass is 19.1. The lowest BCUT2D eigenvalue weighted by molar-refractivity contribution is -0.132. The van der Waals surface area contributed by atoms with Gasteiger partial charge in [-0.25, -0.2) is 9.18 Å². The first-order chi connectivity index (χ1) is 16.2. The van der Waals surface area contributed by atoms with Gasteiger partial charge >= 0.3 is 6.03 Å². The minimum atomic E-state index is -1.09. The highest BCUT2D eigenvalue weighted by Crippen LogP contribution is 2.32. The van der Waals surface area contributed by atoms with Gasteiger partial charge in [0.25, 0.3) is 11.8 Å². The van der Waals surface area contributed by atoms with E-state index in [1.807, 2.05) is 0 Å². The summed E-state index contributed by atoms with van der Waals surface area (Å²) in [5.41, 5.74) is 5.63. The van der Waals surface area contributed by atoms with Crippen LogP contribution in [0.1, 0.15) is 35.3 Å². The third-order valence-corrected chi connectivity index (χ3v) is 5.84. The molecule has 0 unspecified atom stereocenters. The van der Waals surface area contributed by atoms with Crippen LogP contribution in [0.3, 0.4) is 0 Å². The summed E-state index contributed by atoms with van der Waals surface area (Å²) >= 11 is 0. The molecule has 1 saturated heterocycles. The van der Waals surface area contributed by atoms with Gasteiger partial charge in [0.15, 0.2) is 0 Å². The second kappa shape index (κ2) is 8.97. The maximum Gasteiger partial charge on any atom is 0.328 e. The standard InChI is InChI=1S/C26H24FN3O4/c1-26(2)24(32)29(16-18-7-3-5-9-21(18)27)25(33)30(26)15-17-11-13-19(14-12-17)34-22-10-6-4-8-20(22)23(28)31/h3-14H,15-16H2,1-2H3,(H2,28,31). The van der Waals surface area contributed by atoms with Crippen LogP contribution < -0.4 is 10.5 Å². The summed E-state index contributed by atoms with van der Waals surface area (Å²) in [5.74, 6) is -0.613. The fourth-order valence-corrected chi connectivity index (χ4v) is 3.85. The smallest absolute Gasteiger partial charge is 0.328 e. The maximum absolute atomic E-state index is 14.1. The number of benzene rings is 3. The molecule has 1 aliphatic heterocycles. The Kier molecular flexibility index (Phi) is 6.06. The van der Waals surface area contributed by atoms with Crippen molar-refractivity contribution < 1.29 is 23.5 Å². The van der Waals surface area contributed by atoms with Gasteiger partial charge in [-0.15, -0.1) is 0 Å². The highest BCUT2D eigenvalue weighted by molar-refractivity contribution is 6.06. The van der Waals surface area contributed by atoms with Gasteiger partial charge in [0.1, 0.15) is 22.9 Å². The first-order valence-corrected chi connectivity index (χ1v) is 10.7. The summed E-state index contributed by atoms with van der Waals surface area (Å²) < 4.78 is 19.9.